The smallest absolute Gasteiger partial charge is 0.367 e. The van der Waals surface area contributed by atoms with E-state index in [1.54, 1.807) is 24.3 Å². The van der Waals surface area contributed by atoms with Crippen molar-refractivity contribution in [2.75, 3.05) is 7.11 Å². The lowest BCUT2D eigenvalue weighted by molar-refractivity contribution is 0.0600. The molecular formula is C14H8BrFN2O2S. The highest BCUT2D eigenvalue weighted by Gasteiger charge is 2.17. The third-order valence-corrected chi connectivity index (χ3v) is 4.40. The topological polar surface area (TPSA) is 52.1 Å². The number of hydrogen-bond acceptors (Lipinski definition) is 5. The molecule has 0 bridgehead atoms. The van der Waals surface area contributed by atoms with E-state index in [0.29, 0.717) is 21.4 Å². The van der Waals surface area contributed by atoms with E-state index >= 15 is 0 Å². The van der Waals surface area contributed by atoms with Crippen molar-refractivity contribution in [3.05, 3.63) is 45.6 Å². The summed E-state index contributed by atoms with van der Waals surface area (Å²) in [5.41, 5.74) is 1.21. The largest absolute Gasteiger partial charge is 0.464 e. The van der Waals surface area contributed by atoms with Gasteiger partial charge in [-0.3, -0.25) is 0 Å². The van der Waals surface area contributed by atoms with E-state index in [1.807, 2.05) is 0 Å². The molecular weight excluding hydrogens is 359 g/mol. The molecule has 0 N–H and O–H groups in total. The molecule has 7 heteroatoms. The second kappa shape index (κ2) is 5.50. The van der Waals surface area contributed by atoms with Gasteiger partial charge in [-0.15, -0.1) is 11.3 Å². The number of halogens is 2. The predicted molar refractivity (Wildman–Crippen MR) is 81.8 cm³/mol. The highest BCUT2D eigenvalue weighted by molar-refractivity contribution is 9.10. The van der Waals surface area contributed by atoms with Gasteiger partial charge in [0.1, 0.15) is 5.82 Å². The molecule has 0 saturated heterocycles. The van der Waals surface area contributed by atoms with Crippen LogP contribution in [0.3, 0.4) is 0 Å². The highest BCUT2D eigenvalue weighted by atomic mass is 79.9. The maximum atomic E-state index is 13.9. The molecule has 3 rings (SSSR count). The van der Waals surface area contributed by atoms with Crippen LogP contribution in [0.4, 0.5) is 4.39 Å². The molecule has 0 aliphatic heterocycles. The van der Waals surface area contributed by atoms with Crippen LogP contribution in [0.2, 0.25) is 0 Å². The fraction of sp³-hybridized carbons (Fsp3) is 0.0714. The lowest BCUT2D eigenvalue weighted by Gasteiger charge is -2.04. The molecule has 0 fully saturated rings. The third kappa shape index (κ3) is 2.54. The standard InChI is InChI=1S/C14H8BrFN2O2S/c1-20-14(19)13-18-12-10(21-13)6-8(15)11(17-12)7-4-2-3-5-9(7)16/h2-6H,1H3. The van der Waals surface area contributed by atoms with Crippen LogP contribution in [0.25, 0.3) is 21.6 Å². The van der Waals surface area contributed by atoms with E-state index in [0.717, 1.165) is 4.70 Å². The number of rotatable bonds is 2. The summed E-state index contributed by atoms with van der Waals surface area (Å²) < 4.78 is 19.9. The van der Waals surface area contributed by atoms with E-state index in [2.05, 4.69) is 30.6 Å². The molecule has 1 aromatic carbocycles. The maximum Gasteiger partial charge on any atom is 0.367 e. The van der Waals surface area contributed by atoms with Crippen molar-refractivity contribution >= 4 is 43.6 Å². The molecule has 0 atom stereocenters. The van der Waals surface area contributed by atoms with E-state index in [1.165, 1.54) is 24.5 Å². The zero-order valence-electron chi connectivity index (χ0n) is 10.8. The van der Waals surface area contributed by atoms with Gasteiger partial charge in [0, 0.05) is 10.0 Å². The summed E-state index contributed by atoms with van der Waals surface area (Å²) >= 11 is 4.57. The summed E-state index contributed by atoms with van der Waals surface area (Å²) in [6, 6.07) is 8.13. The summed E-state index contributed by atoms with van der Waals surface area (Å²) in [4.78, 5) is 20.0. The van der Waals surface area contributed by atoms with Gasteiger partial charge in [0.2, 0.25) is 5.01 Å². The lowest BCUT2D eigenvalue weighted by Crippen LogP contribution is -1.99. The van der Waals surface area contributed by atoms with Crippen LogP contribution in [-0.2, 0) is 4.74 Å². The van der Waals surface area contributed by atoms with Gasteiger partial charge in [-0.25, -0.2) is 19.2 Å². The molecule has 0 radical (unpaired) electrons. The van der Waals surface area contributed by atoms with Crippen LogP contribution >= 0.6 is 27.3 Å². The van der Waals surface area contributed by atoms with Crippen molar-refractivity contribution in [3.8, 4) is 11.3 Å². The first-order chi connectivity index (χ1) is 10.1. The zero-order valence-corrected chi connectivity index (χ0v) is 13.2. The Bertz CT molecular complexity index is 850. The van der Waals surface area contributed by atoms with Crippen molar-refractivity contribution < 1.29 is 13.9 Å². The molecule has 0 aliphatic carbocycles. The summed E-state index contributed by atoms with van der Waals surface area (Å²) in [5, 5.41) is 0.220. The zero-order chi connectivity index (χ0) is 15.0. The van der Waals surface area contributed by atoms with Crippen LogP contribution in [-0.4, -0.2) is 23.0 Å². The molecule has 2 heterocycles. The Morgan fingerprint density at radius 2 is 2.10 bits per heavy atom. The molecule has 21 heavy (non-hydrogen) atoms. The van der Waals surface area contributed by atoms with Crippen molar-refractivity contribution in [2.24, 2.45) is 0 Å². The number of hydrogen-bond donors (Lipinski definition) is 0. The first-order valence-corrected chi connectivity index (χ1v) is 7.51. The minimum absolute atomic E-state index is 0.220. The van der Waals surface area contributed by atoms with Gasteiger partial charge in [-0.1, -0.05) is 12.1 Å². The number of benzene rings is 1. The number of methoxy groups -OCH3 is 1. The first-order valence-electron chi connectivity index (χ1n) is 5.90. The minimum atomic E-state index is -0.512. The first kappa shape index (κ1) is 14.1. The summed E-state index contributed by atoms with van der Waals surface area (Å²) in [6.45, 7) is 0. The van der Waals surface area contributed by atoms with Gasteiger partial charge in [-0.2, -0.15) is 0 Å². The fourth-order valence-corrected chi connectivity index (χ4v) is 3.41. The number of ether oxygens (including phenoxy) is 1. The average molecular weight is 367 g/mol. The monoisotopic (exact) mass is 366 g/mol. The molecule has 0 unspecified atom stereocenters. The normalized spacial score (nSPS) is 10.8. The number of carbonyl (C=O) groups is 1. The Kier molecular flexibility index (Phi) is 3.69. The Labute approximate surface area is 131 Å². The van der Waals surface area contributed by atoms with Gasteiger partial charge in [-0.05, 0) is 34.1 Å². The van der Waals surface area contributed by atoms with E-state index in [-0.39, 0.29) is 10.8 Å². The molecule has 0 aliphatic rings. The molecule has 0 amide bonds. The van der Waals surface area contributed by atoms with Crippen molar-refractivity contribution in [2.45, 2.75) is 0 Å². The van der Waals surface area contributed by atoms with Crippen molar-refractivity contribution in [3.63, 3.8) is 0 Å². The maximum absolute atomic E-state index is 13.9. The summed E-state index contributed by atoms with van der Waals surface area (Å²) in [5.74, 6) is -0.880. The van der Waals surface area contributed by atoms with Crippen LogP contribution in [0.5, 0.6) is 0 Å². The van der Waals surface area contributed by atoms with Gasteiger partial charge >= 0.3 is 5.97 Å². The fourth-order valence-electron chi connectivity index (χ4n) is 1.86. The van der Waals surface area contributed by atoms with E-state index in [4.69, 9.17) is 0 Å². The Morgan fingerprint density at radius 1 is 1.33 bits per heavy atom. The van der Waals surface area contributed by atoms with Crippen molar-refractivity contribution in [1.29, 1.82) is 0 Å². The lowest BCUT2D eigenvalue weighted by atomic mass is 10.1. The molecule has 2 aromatic heterocycles. The molecule has 4 nitrogen and oxygen atoms in total. The number of aromatic nitrogens is 2. The average Bonchev–Trinajstić information content (AvgIpc) is 2.89. The second-order valence-electron chi connectivity index (χ2n) is 4.13. The van der Waals surface area contributed by atoms with Gasteiger partial charge in [0.15, 0.2) is 5.65 Å². The number of nitrogens with zero attached hydrogens (tertiary/aromatic N) is 2. The third-order valence-electron chi connectivity index (χ3n) is 2.83. The van der Waals surface area contributed by atoms with Gasteiger partial charge < -0.3 is 4.74 Å². The Hall–Kier alpha value is -1.86. The van der Waals surface area contributed by atoms with Crippen LogP contribution in [0, 0.1) is 5.82 Å². The van der Waals surface area contributed by atoms with E-state index < -0.39 is 5.97 Å². The van der Waals surface area contributed by atoms with E-state index in [9.17, 15) is 9.18 Å². The number of thiazole rings is 1. The summed E-state index contributed by atoms with van der Waals surface area (Å²) in [6.07, 6.45) is 0. The highest BCUT2D eigenvalue weighted by Crippen LogP contribution is 2.33. The molecule has 0 saturated carbocycles. The van der Waals surface area contributed by atoms with Crippen LogP contribution in [0.1, 0.15) is 9.80 Å². The van der Waals surface area contributed by atoms with Crippen LogP contribution < -0.4 is 0 Å². The second-order valence-corrected chi connectivity index (χ2v) is 6.02. The Morgan fingerprint density at radius 3 is 2.81 bits per heavy atom. The quantitative estimate of drug-likeness (QED) is 0.642. The van der Waals surface area contributed by atoms with Gasteiger partial charge in [0.25, 0.3) is 0 Å². The van der Waals surface area contributed by atoms with Crippen LogP contribution in [0.15, 0.2) is 34.8 Å². The van der Waals surface area contributed by atoms with Crippen molar-refractivity contribution in [1.82, 2.24) is 9.97 Å². The number of pyridine rings is 1. The predicted octanol–water partition coefficient (Wildman–Crippen LogP) is 4.05. The number of esters is 1. The molecule has 106 valence electrons. The minimum Gasteiger partial charge on any atom is -0.464 e. The molecule has 3 aromatic rings. The van der Waals surface area contributed by atoms with Gasteiger partial charge in [0.05, 0.1) is 17.5 Å². The summed E-state index contributed by atoms with van der Waals surface area (Å²) in [7, 11) is 1.29. The SMILES string of the molecule is COC(=O)c1nc2nc(-c3ccccc3F)c(Br)cc2s1. The number of fused-ring (bicyclic) bond motifs is 1. The number of carbonyl (C=O) groups excluding carboxylic acids is 1. The molecule has 0 spiro atoms. The Balaban J connectivity index is 2.19.